The second kappa shape index (κ2) is 2.36. The second-order valence-corrected chi connectivity index (χ2v) is 2.23. The summed E-state index contributed by atoms with van der Waals surface area (Å²) in [6.45, 7) is 1.96. The Hall–Kier alpha value is -0.560. The molecule has 0 aliphatic rings. The standard InChI is InChI=1S/C5H10N3P/c1-4-3-5(7-9)8(2)6-4/h3,7H,9H2,1-2H3. The van der Waals surface area contributed by atoms with Crippen molar-refractivity contribution in [2.45, 2.75) is 6.92 Å². The van der Waals surface area contributed by atoms with Crippen LogP contribution in [0.1, 0.15) is 5.69 Å². The first kappa shape index (κ1) is 6.56. The number of nitrogens with zero attached hydrogens (tertiary/aromatic N) is 2. The van der Waals surface area contributed by atoms with Crippen molar-refractivity contribution in [1.82, 2.24) is 9.78 Å². The average molecular weight is 143 g/mol. The van der Waals surface area contributed by atoms with E-state index in [1.807, 2.05) is 20.0 Å². The molecule has 1 unspecified atom stereocenters. The fraction of sp³-hybridized carbons (Fsp3) is 0.400. The summed E-state index contributed by atoms with van der Waals surface area (Å²) in [7, 11) is 4.33. The molecule has 0 aromatic carbocycles. The van der Waals surface area contributed by atoms with Crippen LogP contribution in [0, 0.1) is 6.92 Å². The van der Waals surface area contributed by atoms with Gasteiger partial charge in [0.25, 0.3) is 0 Å². The lowest BCUT2D eigenvalue weighted by atomic mass is 10.5. The van der Waals surface area contributed by atoms with Crippen molar-refractivity contribution in [2.24, 2.45) is 7.05 Å². The second-order valence-electron chi connectivity index (χ2n) is 1.94. The van der Waals surface area contributed by atoms with Crippen molar-refractivity contribution in [3.8, 4) is 0 Å². The molecule has 0 amide bonds. The van der Waals surface area contributed by atoms with Gasteiger partial charge >= 0.3 is 0 Å². The zero-order chi connectivity index (χ0) is 6.85. The molecule has 9 heavy (non-hydrogen) atoms. The van der Waals surface area contributed by atoms with Gasteiger partial charge in [0.05, 0.1) is 5.69 Å². The van der Waals surface area contributed by atoms with E-state index in [9.17, 15) is 0 Å². The molecular formula is C5H10N3P. The number of nitrogens with one attached hydrogen (secondary N) is 1. The van der Waals surface area contributed by atoms with Gasteiger partial charge in [-0.2, -0.15) is 5.10 Å². The Bertz CT molecular complexity index is 206. The fourth-order valence-electron chi connectivity index (χ4n) is 0.746. The minimum absolute atomic E-state index is 1.01. The lowest BCUT2D eigenvalue weighted by Gasteiger charge is -1.95. The molecule has 0 fully saturated rings. The minimum Gasteiger partial charge on any atom is -0.355 e. The summed E-state index contributed by atoms with van der Waals surface area (Å²) in [4.78, 5) is 0. The van der Waals surface area contributed by atoms with E-state index in [-0.39, 0.29) is 0 Å². The topological polar surface area (TPSA) is 29.9 Å². The van der Waals surface area contributed by atoms with E-state index in [2.05, 4.69) is 19.6 Å². The molecule has 1 atom stereocenters. The normalized spacial score (nSPS) is 9.67. The van der Waals surface area contributed by atoms with E-state index >= 15 is 0 Å². The summed E-state index contributed by atoms with van der Waals surface area (Å²) < 4.78 is 1.79. The third-order valence-electron chi connectivity index (χ3n) is 1.15. The van der Waals surface area contributed by atoms with Crippen LogP contribution in [0.2, 0.25) is 0 Å². The maximum atomic E-state index is 4.12. The first-order chi connectivity index (χ1) is 4.24. The minimum atomic E-state index is 1.01. The van der Waals surface area contributed by atoms with Crippen LogP contribution in [0.3, 0.4) is 0 Å². The quantitative estimate of drug-likeness (QED) is 0.592. The highest BCUT2D eigenvalue weighted by Crippen LogP contribution is 2.08. The molecule has 1 N–H and O–H groups in total. The Balaban J connectivity index is 3.01. The lowest BCUT2D eigenvalue weighted by molar-refractivity contribution is 0.767. The van der Waals surface area contributed by atoms with Gasteiger partial charge in [-0.05, 0) is 16.3 Å². The molecular weight excluding hydrogens is 133 g/mol. The van der Waals surface area contributed by atoms with E-state index in [0.717, 1.165) is 11.5 Å². The fourth-order valence-corrected chi connectivity index (χ4v) is 1.02. The average Bonchev–Trinajstić information content (AvgIpc) is 2.10. The summed E-state index contributed by atoms with van der Waals surface area (Å²) in [5.74, 6) is 1.01. The van der Waals surface area contributed by atoms with Crippen molar-refractivity contribution in [3.05, 3.63) is 11.8 Å². The van der Waals surface area contributed by atoms with Crippen LogP contribution < -0.4 is 5.09 Å². The van der Waals surface area contributed by atoms with Crippen LogP contribution in [0.25, 0.3) is 0 Å². The van der Waals surface area contributed by atoms with Crippen LogP contribution in [0.4, 0.5) is 5.82 Å². The first-order valence-corrected chi connectivity index (χ1v) is 3.29. The van der Waals surface area contributed by atoms with Gasteiger partial charge in [0, 0.05) is 13.1 Å². The summed E-state index contributed by atoms with van der Waals surface area (Å²) in [6, 6.07) is 1.98. The van der Waals surface area contributed by atoms with Gasteiger partial charge in [-0.1, -0.05) is 0 Å². The van der Waals surface area contributed by atoms with Gasteiger partial charge < -0.3 is 5.09 Å². The van der Waals surface area contributed by atoms with Gasteiger partial charge in [0.15, 0.2) is 0 Å². The lowest BCUT2D eigenvalue weighted by Crippen LogP contribution is -1.93. The molecule has 1 aromatic heterocycles. The third kappa shape index (κ3) is 1.22. The zero-order valence-corrected chi connectivity index (χ0v) is 6.70. The zero-order valence-electron chi connectivity index (χ0n) is 5.55. The van der Waals surface area contributed by atoms with E-state index in [1.165, 1.54) is 0 Å². The molecule has 1 heterocycles. The Morgan fingerprint density at radius 3 is 2.67 bits per heavy atom. The van der Waals surface area contributed by atoms with Crippen LogP contribution in [-0.4, -0.2) is 9.78 Å². The summed E-state index contributed by atoms with van der Waals surface area (Å²) in [5, 5.41) is 7.06. The highest BCUT2D eigenvalue weighted by atomic mass is 31.0. The number of rotatable bonds is 1. The molecule has 3 nitrogen and oxygen atoms in total. The third-order valence-corrected chi connectivity index (χ3v) is 1.45. The van der Waals surface area contributed by atoms with E-state index < -0.39 is 0 Å². The Labute approximate surface area is 56.7 Å². The molecule has 0 aliphatic heterocycles. The first-order valence-electron chi connectivity index (χ1n) is 2.71. The summed E-state index contributed by atoms with van der Waals surface area (Å²) in [5.41, 5.74) is 1.03. The van der Waals surface area contributed by atoms with Gasteiger partial charge in [-0.3, -0.25) is 4.68 Å². The van der Waals surface area contributed by atoms with E-state index in [1.54, 1.807) is 4.68 Å². The molecule has 1 aromatic rings. The van der Waals surface area contributed by atoms with Crippen molar-refractivity contribution in [1.29, 1.82) is 0 Å². The Kier molecular flexibility index (Phi) is 1.72. The molecule has 1 rings (SSSR count). The number of anilines is 1. The molecule has 0 saturated heterocycles. The number of aromatic nitrogens is 2. The predicted octanol–water partition coefficient (Wildman–Crippen LogP) is 0.931. The maximum absolute atomic E-state index is 4.12. The Morgan fingerprint density at radius 1 is 1.78 bits per heavy atom. The molecule has 0 spiro atoms. The van der Waals surface area contributed by atoms with Gasteiger partial charge in [-0.25, -0.2) is 0 Å². The van der Waals surface area contributed by atoms with Crippen molar-refractivity contribution < 1.29 is 0 Å². The molecule has 50 valence electrons. The largest absolute Gasteiger partial charge is 0.355 e. The van der Waals surface area contributed by atoms with Crippen molar-refractivity contribution >= 4 is 15.2 Å². The van der Waals surface area contributed by atoms with Crippen LogP contribution in [0.5, 0.6) is 0 Å². The molecule has 0 saturated carbocycles. The van der Waals surface area contributed by atoms with E-state index in [4.69, 9.17) is 0 Å². The smallest absolute Gasteiger partial charge is 0.127 e. The number of hydrogen-bond donors (Lipinski definition) is 1. The number of aryl methyl sites for hydroxylation is 2. The van der Waals surface area contributed by atoms with E-state index in [0.29, 0.717) is 0 Å². The van der Waals surface area contributed by atoms with Gasteiger partial charge in [0.1, 0.15) is 5.82 Å². The van der Waals surface area contributed by atoms with Crippen LogP contribution in [0.15, 0.2) is 6.07 Å². The maximum Gasteiger partial charge on any atom is 0.127 e. The molecule has 0 radical (unpaired) electrons. The number of hydrogen-bond acceptors (Lipinski definition) is 2. The summed E-state index contributed by atoms with van der Waals surface area (Å²) >= 11 is 0. The highest BCUT2D eigenvalue weighted by Gasteiger charge is 1.95. The molecule has 4 heteroatoms. The predicted molar refractivity (Wildman–Crippen MR) is 41.3 cm³/mol. The van der Waals surface area contributed by atoms with Crippen molar-refractivity contribution in [3.63, 3.8) is 0 Å². The van der Waals surface area contributed by atoms with Gasteiger partial charge in [0.2, 0.25) is 0 Å². The van der Waals surface area contributed by atoms with Crippen LogP contribution >= 0.6 is 9.39 Å². The monoisotopic (exact) mass is 143 g/mol. The Morgan fingerprint density at radius 2 is 2.44 bits per heavy atom. The van der Waals surface area contributed by atoms with Crippen LogP contribution in [-0.2, 0) is 7.05 Å². The van der Waals surface area contributed by atoms with Gasteiger partial charge in [-0.15, -0.1) is 0 Å². The SMILES string of the molecule is Cc1cc(NP)n(C)n1. The molecule has 0 bridgehead atoms. The highest BCUT2D eigenvalue weighted by molar-refractivity contribution is 7.18. The molecule has 0 aliphatic carbocycles. The van der Waals surface area contributed by atoms with Crippen molar-refractivity contribution in [2.75, 3.05) is 5.09 Å². The summed E-state index contributed by atoms with van der Waals surface area (Å²) in [6.07, 6.45) is 0.